The standard InChI is InChI=1S/C21H27NOS/c1-3-18-8-10-19(11-9-18)12-13-21(23)22-14-15-24-16-20-6-4-17(2)5-7-20/h4-11H,3,12-16H2,1-2H3,(H,22,23). The molecule has 0 aliphatic rings. The molecule has 0 fully saturated rings. The van der Waals surface area contributed by atoms with Gasteiger partial charge in [0.25, 0.3) is 0 Å². The van der Waals surface area contributed by atoms with Gasteiger partial charge >= 0.3 is 0 Å². The van der Waals surface area contributed by atoms with Gasteiger partial charge in [-0.1, -0.05) is 61.0 Å². The van der Waals surface area contributed by atoms with Crippen molar-refractivity contribution in [3.05, 3.63) is 70.8 Å². The molecule has 0 radical (unpaired) electrons. The molecule has 0 heterocycles. The number of carbonyl (C=O) groups excluding carboxylic acids is 1. The van der Waals surface area contributed by atoms with E-state index < -0.39 is 0 Å². The van der Waals surface area contributed by atoms with Gasteiger partial charge in [0.1, 0.15) is 0 Å². The first-order chi connectivity index (χ1) is 11.7. The van der Waals surface area contributed by atoms with Crippen molar-refractivity contribution in [2.45, 2.75) is 38.9 Å². The van der Waals surface area contributed by atoms with Gasteiger partial charge in [0, 0.05) is 24.5 Å². The number of rotatable bonds is 9. The predicted molar refractivity (Wildman–Crippen MR) is 104 cm³/mol. The Bertz CT molecular complexity index is 619. The molecule has 0 aliphatic heterocycles. The number of thioether (sulfide) groups is 1. The zero-order chi connectivity index (χ0) is 17.2. The highest BCUT2D eigenvalue weighted by molar-refractivity contribution is 7.98. The van der Waals surface area contributed by atoms with Crippen molar-refractivity contribution in [1.82, 2.24) is 5.32 Å². The zero-order valence-corrected chi connectivity index (χ0v) is 15.5. The van der Waals surface area contributed by atoms with Gasteiger partial charge in [-0.3, -0.25) is 4.79 Å². The minimum absolute atomic E-state index is 0.144. The molecule has 0 aromatic heterocycles. The van der Waals surface area contributed by atoms with E-state index in [4.69, 9.17) is 0 Å². The van der Waals surface area contributed by atoms with Gasteiger partial charge in [0.15, 0.2) is 0 Å². The Morgan fingerprint density at radius 1 is 0.958 bits per heavy atom. The van der Waals surface area contributed by atoms with Crippen molar-refractivity contribution in [3.8, 4) is 0 Å². The second-order valence-corrected chi connectivity index (χ2v) is 7.16. The topological polar surface area (TPSA) is 29.1 Å². The molecule has 24 heavy (non-hydrogen) atoms. The van der Waals surface area contributed by atoms with Crippen LogP contribution in [0, 0.1) is 6.92 Å². The van der Waals surface area contributed by atoms with Gasteiger partial charge in [0.2, 0.25) is 5.91 Å². The fraction of sp³-hybridized carbons (Fsp3) is 0.381. The molecule has 2 aromatic rings. The summed E-state index contributed by atoms with van der Waals surface area (Å²) in [5, 5.41) is 3.01. The lowest BCUT2D eigenvalue weighted by atomic mass is 10.1. The van der Waals surface area contributed by atoms with E-state index in [2.05, 4.69) is 67.7 Å². The summed E-state index contributed by atoms with van der Waals surface area (Å²) in [5.74, 6) is 2.09. The molecule has 2 nitrogen and oxygen atoms in total. The highest BCUT2D eigenvalue weighted by Crippen LogP contribution is 2.12. The quantitative estimate of drug-likeness (QED) is 0.679. The van der Waals surface area contributed by atoms with Crippen LogP contribution in [0.2, 0.25) is 0 Å². The van der Waals surface area contributed by atoms with Crippen LogP contribution in [0.4, 0.5) is 0 Å². The summed E-state index contributed by atoms with van der Waals surface area (Å²) in [6.07, 6.45) is 2.43. The number of amides is 1. The number of nitrogens with one attached hydrogen (secondary N) is 1. The average Bonchev–Trinajstić information content (AvgIpc) is 2.61. The first-order valence-electron chi connectivity index (χ1n) is 8.65. The van der Waals surface area contributed by atoms with Crippen LogP contribution < -0.4 is 5.32 Å². The van der Waals surface area contributed by atoms with E-state index in [-0.39, 0.29) is 5.91 Å². The summed E-state index contributed by atoms with van der Waals surface area (Å²) in [4.78, 5) is 11.9. The van der Waals surface area contributed by atoms with Crippen LogP contribution in [0.25, 0.3) is 0 Å². The van der Waals surface area contributed by atoms with E-state index in [9.17, 15) is 4.79 Å². The average molecular weight is 342 g/mol. The van der Waals surface area contributed by atoms with Crippen LogP contribution >= 0.6 is 11.8 Å². The van der Waals surface area contributed by atoms with Gasteiger partial charge < -0.3 is 5.32 Å². The van der Waals surface area contributed by atoms with Gasteiger partial charge in [0.05, 0.1) is 0 Å². The lowest BCUT2D eigenvalue weighted by molar-refractivity contribution is -0.120. The molecular weight excluding hydrogens is 314 g/mol. The van der Waals surface area contributed by atoms with Crippen molar-refractivity contribution in [3.63, 3.8) is 0 Å². The monoisotopic (exact) mass is 341 g/mol. The van der Waals surface area contributed by atoms with Crippen LogP contribution in [-0.4, -0.2) is 18.2 Å². The van der Waals surface area contributed by atoms with Crippen LogP contribution in [0.3, 0.4) is 0 Å². The third kappa shape index (κ3) is 6.79. The molecule has 128 valence electrons. The maximum atomic E-state index is 11.9. The Kier molecular flexibility index (Phi) is 7.90. The number of benzene rings is 2. The fourth-order valence-corrected chi connectivity index (χ4v) is 3.24. The predicted octanol–water partition coefficient (Wildman–Crippen LogP) is 4.54. The molecule has 0 atom stereocenters. The Balaban J connectivity index is 1.56. The van der Waals surface area contributed by atoms with E-state index >= 15 is 0 Å². The van der Waals surface area contributed by atoms with Crippen LogP contribution in [0.15, 0.2) is 48.5 Å². The van der Waals surface area contributed by atoms with E-state index in [0.29, 0.717) is 6.42 Å². The summed E-state index contributed by atoms with van der Waals surface area (Å²) in [6, 6.07) is 17.2. The smallest absolute Gasteiger partial charge is 0.220 e. The first kappa shape index (κ1) is 18.6. The third-order valence-electron chi connectivity index (χ3n) is 4.03. The van der Waals surface area contributed by atoms with E-state index in [1.807, 2.05) is 11.8 Å². The lowest BCUT2D eigenvalue weighted by Gasteiger charge is -2.06. The minimum Gasteiger partial charge on any atom is -0.355 e. The highest BCUT2D eigenvalue weighted by atomic mass is 32.2. The third-order valence-corrected chi connectivity index (χ3v) is 5.06. The van der Waals surface area contributed by atoms with Gasteiger partial charge in [-0.15, -0.1) is 0 Å². The fourth-order valence-electron chi connectivity index (χ4n) is 2.42. The minimum atomic E-state index is 0.144. The van der Waals surface area contributed by atoms with Crippen molar-refractivity contribution >= 4 is 17.7 Å². The number of hydrogen-bond donors (Lipinski definition) is 1. The molecule has 3 heteroatoms. The molecule has 0 spiro atoms. The molecule has 0 unspecified atom stereocenters. The molecule has 2 aromatic carbocycles. The number of carbonyl (C=O) groups is 1. The van der Waals surface area contributed by atoms with Gasteiger partial charge in [-0.25, -0.2) is 0 Å². The normalized spacial score (nSPS) is 10.6. The summed E-state index contributed by atoms with van der Waals surface area (Å²) in [6.45, 7) is 4.99. The Morgan fingerprint density at radius 2 is 1.58 bits per heavy atom. The molecule has 0 saturated carbocycles. The van der Waals surface area contributed by atoms with Crippen molar-refractivity contribution in [2.24, 2.45) is 0 Å². The maximum absolute atomic E-state index is 11.9. The van der Waals surface area contributed by atoms with Crippen LogP contribution in [0.5, 0.6) is 0 Å². The molecule has 0 bridgehead atoms. The largest absolute Gasteiger partial charge is 0.355 e. The second kappa shape index (κ2) is 10.2. The molecule has 1 amide bonds. The lowest BCUT2D eigenvalue weighted by Crippen LogP contribution is -2.25. The van der Waals surface area contributed by atoms with Gasteiger partial charge in [-0.2, -0.15) is 11.8 Å². The summed E-state index contributed by atoms with van der Waals surface area (Å²) in [7, 11) is 0. The molecule has 1 N–H and O–H groups in total. The molecule has 2 rings (SSSR count). The number of hydrogen-bond acceptors (Lipinski definition) is 2. The first-order valence-corrected chi connectivity index (χ1v) is 9.80. The maximum Gasteiger partial charge on any atom is 0.220 e. The Hall–Kier alpha value is -1.74. The molecule has 0 aliphatic carbocycles. The molecular formula is C21H27NOS. The highest BCUT2D eigenvalue weighted by Gasteiger charge is 2.02. The Morgan fingerprint density at radius 3 is 2.25 bits per heavy atom. The van der Waals surface area contributed by atoms with Crippen molar-refractivity contribution < 1.29 is 4.79 Å². The van der Waals surface area contributed by atoms with E-state index in [0.717, 1.165) is 30.9 Å². The Labute approximate surface area is 150 Å². The van der Waals surface area contributed by atoms with Crippen molar-refractivity contribution in [2.75, 3.05) is 12.3 Å². The van der Waals surface area contributed by atoms with Crippen LogP contribution in [0.1, 0.15) is 35.6 Å². The second-order valence-electron chi connectivity index (χ2n) is 6.06. The summed E-state index contributed by atoms with van der Waals surface area (Å²) >= 11 is 1.86. The van der Waals surface area contributed by atoms with E-state index in [1.165, 1.54) is 22.3 Å². The van der Waals surface area contributed by atoms with Crippen molar-refractivity contribution in [1.29, 1.82) is 0 Å². The summed E-state index contributed by atoms with van der Waals surface area (Å²) < 4.78 is 0. The number of aryl methyl sites for hydroxylation is 3. The summed E-state index contributed by atoms with van der Waals surface area (Å²) in [5.41, 5.74) is 5.21. The van der Waals surface area contributed by atoms with E-state index in [1.54, 1.807) is 0 Å². The van der Waals surface area contributed by atoms with Gasteiger partial charge in [-0.05, 0) is 36.5 Å². The SMILES string of the molecule is CCc1ccc(CCC(=O)NCCSCc2ccc(C)cc2)cc1. The zero-order valence-electron chi connectivity index (χ0n) is 14.7. The van der Waals surface area contributed by atoms with Crippen LogP contribution in [-0.2, 0) is 23.4 Å². The molecule has 0 saturated heterocycles.